The first kappa shape index (κ1) is 16.9. The number of nitrogens with zero attached hydrogens (tertiary/aromatic N) is 4. The van der Waals surface area contributed by atoms with Crippen LogP contribution in [-0.2, 0) is 10.0 Å². The van der Waals surface area contributed by atoms with E-state index in [0.717, 1.165) is 0 Å². The van der Waals surface area contributed by atoms with E-state index in [9.17, 15) is 21.6 Å². The summed E-state index contributed by atoms with van der Waals surface area (Å²) in [5, 5.41) is 10.7. The van der Waals surface area contributed by atoms with E-state index in [0.29, 0.717) is 23.4 Å². The highest BCUT2D eigenvalue weighted by molar-refractivity contribution is 7.92. The molecule has 1 N–H and O–H groups in total. The van der Waals surface area contributed by atoms with Crippen LogP contribution in [0.25, 0.3) is 5.69 Å². The zero-order valence-corrected chi connectivity index (χ0v) is 13.4. The Hall–Kier alpha value is -2.95. The SMILES string of the molecule is Cc1c(NS(=O)(=O)c2ccc(F)c(F)c2F)cccc1-n1cnnn1. The second-order valence-electron chi connectivity index (χ2n) is 4.98. The Labute approximate surface area is 140 Å². The Balaban J connectivity index is 2.03. The smallest absolute Gasteiger partial charge is 0.264 e. The summed E-state index contributed by atoms with van der Waals surface area (Å²) in [5.41, 5.74) is 1.04. The number of hydrogen-bond acceptors (Lipinski definition) is 5. The fourth-order valence-corrected chi connectivity index (χ4v) is 3.36. The molecule has 3 aromatic rings. The summed E-state index contributed by atoms with van der Waals surface area (Å²) in [6.07, 6.45) is 1.32. The summed E-state index contributed by atoms with van der Waals surface area (Å²) in [6.45, 7) is 1.59. The second kappa shape index (κ2) is 6.16. The third-order valence-electron chi connectivity index (χ3n) is 3.43. The van der Waals surface area contributed by atoms with Gasteiger partial charge in [-0.3, -0.25) is 4.72 Å². The summed E-state index contributed by atoms with van der Waals surface area (Å²) in [5.74, 6) is -5.13. The monoisotopic (exact) mass is 369 g/mol. The van der Waals surface area contributed by atoms with Gasteiger partial charge >= 0.3 is 0 Å². The Kier molecular flexibility index (Phi) is 4.17. The third kappa shape index (κ3) is 3.05. The molecule has 25 heavy (non-hydrogen) atoms. The molecule has 3 rings (SSSR count). The standard InChI is InChI=1S/C14H10F3N5O2S/c1-8-10(3-2-4-11(8)22-7-18-20-21-22)19-25(23,24)12-6-5-9(15)13(16)14(12)17/h2-7,19H,1H3. The molecule has 7 nitrogen and oxygen atoms in total. The maximum absolute atomic E-state index is 13.8. The lowest BCUT2D eigenvalue weighted by molar-refractivity contribution is 0.432. The Morgan fingerprint density at radius 2 is 1.84 bits per heavy atom. The number of hydrogen-bond donors (Lipinski definition) is 1. The molecule has 0 aliphatic heterocycles. The molecule has 11 heteroatoms. The molecule has 0 radical (unpaired) electrons. The van der Waals surface area contributed by atoms with Crippen LogP contribution in [0.1, 0.15) is 5.56 Å². The Bertz CT molecular complexity index is 1040. The van der Waals surface area contributed by atoms with E-state index in [1.54, 1.807) is 13.0 Å². The molecule has 130 valence electrons. The molecule has 0 spiro atoms. The van der Waals surface area contributed by atoms with Crippen LogP contribution in [0.4, 0.5) is 18.9 Å². The van der Waals surface area contributed by atoms with Crippen molar-refractivity contribution in [3.63, 3.8) is 0 Å². The summed E-state index contributed by atoms with van der Waals surface area (Å²) >= 11 is 0. The zero-order valence-electron chi connectivity index (χ0n) is 12.6. The van der Waals surface area contributed by atoms with Gasteiger partial charge in [-0.05, 0) is 47.2 Å². The van der Waals surface area contributed by atoms with Gasteiger partial charge < -0.3 is 0 Å². The topological polar surface area (TPSA) is 89.8 Å². The molecule has 0 bridgehead atoms. The molecular formula is C14H10F3N5O2S. The lowest BCUT2D eigenvalue weighted by atomic mass is 10.1. The van der Waals surface area contributed by atoms with E-state index in [1.807, 2.05) is 0 Å². The molecule has 1 heterocycles. The van der Waals surface area contributed by atoms with Gasteiger partial charge in [0.25, 0.3) is 10.0 Å². The minimum Gasteiger partial charge on any atom is -0.279 e. The summed E-state index contributed by atoms with van der Waals surface area (Å²) < 4.78 is 68.3. The van der Waals surface area contributed by atoms with Gasteiger partial charge in [0.2, 0.25) is 0 Å². The van der Waals surface area contributed by atoms with Crippen molar-refractivity contribution >= 4 is 15.7 Å². The van der Waals surface area contributed by atoms with E-state index >= 15 is 0 Å². The average Bonchev–Trinajstić information content (AvgIpc) is 3.08. The van der Waals surface area contributed by atoms with Gasteiger partial charge in [-0.15, -0.1) is 5.10 Å². The number of rotatable bonds is 4. The minimum absolute atomic E-state index is 0.108. The maximum Gasteiger partial charge on any atom is 0.264 e. The highest BCUT2D eigenvalue weighted by atomic mass is 32.2. The summed E-state index contributed by atoms with van der Waals surface area (Å²) in [4.78, 5) is -1.00. The molecule has 2 aromatic carbocycles. The van der Waals surface area contributed by atoms with Gasteiger partial charge in [-0.1, -0.05) is 6.07 Å². The van der Waals surface area contributed by atoms with Gasteiger partial charge in [0.05, 0.1) is 11.4 Å². The highest BCUT2D eigenvalue weighted by Gasteiger charge is 2.25. The van der Waals surface area contributed by atoms with Crippen LogP contribution in [0.5, 0.6) is 0 Å². The van der Waals surface area contributed by atoms with Crippen LogP contribution in [0.2, 0.25) is 0 Å². The molecule has 0 saturated heterocycles. The van der Waals surface area contributed by atoms with E-state index < -0.39 is 32.4 Å². The molecule has 0 unspecified atom stereocenters. The fourth-order valence-electron chi connectivity index (χ4n) is 2.17. The second-order valence-corrected chi connectivity index (χ2v) is 6.63. The van der Waals surface area contributed by atoms with Gasteiger partial charge in [0.1, 0.15) is 11.2 Å². The van der Waals surface area contributed by atoms with Crippen LogP contribution in [-0.4, -0.2) is 28.6 Å². The lowest BCUT2D eigenvalue weighted by Crippen LogP contribution is -2.17. The van der Waals surface area contributed by atoms with Gasteiger partial charge in [0, 0.05) is 0 Å². The van der Waals surface area contributed by atoms with Crippen LogP contribution < -0.4 is 4.72 Å². The van der Waals surface area contributed by atoms with Crippen molar-refractivity contribution in [2.24, 2.45) is 0 Å². The molecule has 0 saturated carbocycles. The van der Waals surface area contributed by atoms with Crippen molar-refractivity contribution in [3.8, 4) is 5.69 Å². The number of nitrogens with one attached hydrogen (secondary N) is 1. The minimum atomic E-state index is -4.48. The quantitative estimate of drug-likeness (QED) is 0.712. The molecule has 0 aliphatic rings. The first-order valence-electron chi connectivity index (χ1n) is 6.80. The van der Waals surface area contributed by atoms with Gasteiger partial charge in [-0.2, -0.15) is 0 Å². The number of anilines is 1. The van der Waals surface area contributed by atoms with Crippen molar-refractivity contribution in [1.29, 1.82) is 0 Å². The van der Waals surface area contributed by atoms with E-state index in [2.05, 4.69) is 20.2 Å². The number of sulfonamides is 1. The predicted octanol–water partition coefficient (Wildman–Crippen LogP) is 2.19. The third-order valence-corrected chi connectivity index (χ3v) is 4.82. The molecule has 0 aliphatic carbocycles. The average molecular weight is 369 g/mol. The van der Waals surface area contributed by atoms with E-state index in [-0.39, 0.29) is 5.69 Å². The summed E-state index contributed by atoms with van der Waals surface area (Å²) in [6, 6.07) is 5.79. The summed E-state index contributed by atoms with van der Waals surface area (Å²) in [7, 11) is -4.48. The number of tetrazole rings is 1. The highest BCUT2D eigenvalue weighted by Crippen LogP contribution is 2.26. The molecular weight excluding hydrogens is 359 g/mol. The van der Waals surface area contributed by atoms with Crippen LogP contribution >= 0.6 is 0 Å². The first-order chi connectivity index (χ1) is 11.8. The van der Waals surface area contributed by atoms with Gasteiger partial charge in [0.15, 0.2) is 17.5 Å². The molecule has 0 amide bonds. The van der Waals surface area contributed by atoms with Crippen LogP contribution in [0.3, 0.4) is 0 Å². The first-order valence-corrected chi connectivity index (χ1v) is 8.29. The van der Waals surface area contributed by atoms with E-state index in [4.69, 9.17) is 0 Å². The maximum atomic E-state index is 13.8. The Morgan fingerprint density at radius 3 is 2.52 bits per heavy atom. The van der Waals surface area contributed by atoms with Crippen molar-refractivity contribution in [2.45, 2.75) is 11.8 Å². The van der Waals surface area contributed by atoms with Crippen molar-refractivity contribution in [1.82, 2.24) is 20.2 Å². The van der Waals surface area contributed by atoms with E-state index in [1.165, 1.54) is 23.1 Å². The van der Waals surface area contributed by atoms with Crippen molar-refractivity contribution in [2.75, 3.05) is 4.72 Å². The van der Waals surface area contributed by atoms with Crippen molar-refractivity contribution in [3.05, 3.63) is 59.7 Å². The van der Waals surface area contributed by atoms with Crippen LogP contribution in [0.15, 0.2) is 41.6 Å². The predicted molar refractivity (Wildman–Crippen MR) is 81.0 cm³/mol. The lowest BCUT2D eigenvalue weighted by Gasteiger charge is -2.14. The largest absolute Gasteiger partial charge is 0.279 e. The molecule has 1 aromatic heterocycles. The van der Waals surface area contributed by atoms with Crippen molar-refractivity contribution < 1.29 is 21.6 Å². The Morgan fingerprint density at radius 1 is 1.08 bits per heavy atom. The zero-order chi connectivity index (χ0) is 18.2. The fraction of sp³-hybridized carbons (Fsp3) is 0.0714. The number of halogens is 3. The number of aromatic nitrogens is 4. The van der Waals surface area contributed by atoms with Gasteiger partial charge in [-0.25, -0.2) is 26.3 Å². The van der Waals surface area contributed by atoms with Crippen LogP contribution in [0, 0.1) is 24.4 Å². The normalized spacial score (nSPS) is 11.5. The molecule has 0 fully saturated rings. The molecule has 0 atom stereocenters. The number of benzene rings is 2.